The molecular formula is C43H58N14O4. The minimum atomic E-state index is -0.530. The van der Waals surface area contributed by atoms with E-state index in [9.17, 15) is 9.59 Å². The SMILES string of the molecule is CC1(C)CC(CNc2cc(-c3ccnc(NC(=O)[C@@H]4CCNC4)n3)nc(CC3(C)CC(CNc4cc(-c5ccnc(NC(=O)[C@@H]6CCCNC6)n5)ncn4)CCO3)n2)CCO1. The fourth-order valence-corrected chi connectivity index (χ4v) is 8.80. The van der Waals surface area contributed by atoms with Gasteiger partial charge >= 0.3 is 0 Å². The minimum absolute atomic E-state index is 0.0807. The Balaban J connectivity index is 0.936. The zero-order chi connectivity index (χ0) is 42.2. The van der Waals surface area contributed by atoms with E-state index < -0.39 is 5.60 Å². The molecule has 61 heavy (non-hydrogen) atoms. The van der Waals surface area contributed by atoms with Gasteiger partial charge in [0, 0.05) is 70.3 Å². The van der Waals surface area contributed by atoms with E-state index in [1.165, 1.54) is 6.33 Å². The second kappa shape index (κ2) is 19.2. The third-order valence-electron chi connectivity index (χ3n) is 12.0. The first-order valence-corrected chi connectivity index (χ1v) is 21.7. The first-order chi connectivity index (χ1) is 29.5. The van der Waals surface area contributed by atoms with Crippen molar-refractivity contribution >= 4 is 35.3 Å². The van der Waals surface area contributed by atoms with Crippen molar-refractivity contribution in [2.45, 2.75) is 83.3 Å². The molecular weight excluding hydrogens is 777 g/mol. The van der Waals surface area contributed by atoms with Gasteiger partial charge in [-0.05, 0) is 103 Å². The third kappa shape index (κ3) is 11.5. The molecule has 8 heterocycles. The van der Waals surface area contributed by atoms with Gasteiger partial charge in [-0.1, -0.05) is 0 Å². The predicted octanol–water partition coefficient (Wildman–Crippen LogP) is 4.12. The van der Waals surface area contributed by atoms with Gasteiger partial charge in [-0.3, -0.25) is 20.2 Å². The number of aromatic nitrogens is 8. The number of amides is 2. The molecule has 0 radical (unpaired) electrons. The number of rotatable bonds is 14. The van der Waals surface area contributed by atoms with Crippen molar-refractivity contribution < 1.29 is 19.1 Å². The van der Waals surface area contributed by atoms with Gasteiger partial charge in [0.05, 0.1) is 45.8 Å². The average Bonchev–Trinajstić information content (AvgIpc) is 3.81. The van der Waals surface area contributed by atoms with Crippen LogP contribution in [0.2, 0.25) is 0 Å². The van der Waals surface area contributed by atoms with Gasteiger partial charge in [-0.15, -0.1) is 0 Å². The first kappa shape index (κ1) is 42.4. The molecule has 3 unspecified atom stereocenters. The van der Waals surface area contributed by atoms with Gasteiger partial charge in [0.2, 0.25) is 23.7 Å². The first-order valence-electron chi connectivity index (χ1n) is 21.7. The lowest BCUT2D eigenvalue weighted by Crippen LogP contribution is -2.41. The van der Waals surface area contributed by atoms with Gasteiger partial charge in [-0.2, -0.15) is 0 Å². The standard InChI is InChI=1S/C43H58N14O4/c1-42(2)19-27(9-15-60-42)22-49-36-18-34(32-8-14-47-41(54-32)57-39(59)30-6-12-45-25-30)52-37(55-36)21-43(3)20-28(10-16-61-43)23-48-35-17-33(50-26-51-35)31-7-13-46-40(53-31)56-38(58)29-5-4-11-44-24-29/h7-8,13-14,17-18,26-30,44-45H,4-6,9-12,15-16,19-25H2,1-3H3,(H,48,50,51)(H,49,52,55)(H,46,53,56,58)(H,47,54,57,59)/t27?,28?,29-,30-,43?/m1/s1. The quantitative estimate of drug-likeness (QED) is 0.105. The van der Waals surface area contributed by atoms with Crippen LogP contribution < -0.4 is 31.9 Å². The zero-order valence-corrected chi connectivity index (χ0v) is 35.4. The summed E-state index contributed by atoms with van der Waals surface area (Å²) in [5.41, 5.74) is 1.75. The van der Waals surface area contributed by atoms with Crippen molar-refractivity contribution in [2.24, 2.45) is 23.7 Å². The van der Waals surface area contributed by atoms with E-state index in [2.05, 4.69) is 77.6 Å². The molecule has 2 amide bonds. The van der Waals surface area contributed by atoms with Gasteiger partial charge in [0.1, 0.15) is 23.8 Å². The molecule has 0 aromatic carbocycles. The smallest absolute Gasteiger partial charge is 0.231 e. The number of carbonyl (C=O) groups excluding carboxylic acids is 2. The number of anilines is 4. The summed E-state index contributed by atoms with van der Waals surface area (Å²) in [4.78, 5) is 62.6. The molecule has 0 spiro atoms. The number of ether oxygens (including phenoxy) is 2. The Bertz CT molecular complexity index is 2150. The fourth-order valence-electron chi connectivity index (χ4n) is 8.80. The van der Waals surface area contributed by atoms with Gasteiger partial charge in [0.15, 0.2) is 0 Å². The van der Waals surface area contributed by atoms with Crippen molar-refractivity contribution in [1.82, 2.24) is 50.5 Å². The van der Waals surface area contributed by atoms with E-state index in [1.54, 1.807) is 24.5 Å². The van der Waals surface area contributed by atoms with Crippen LogP contribution in [-0.4, -0.2) is 115 Å². The Morgan fingerprint density at radius 3 is 2.00 bits per heavy atom. The Labute approximate surface area is 356 Å². The number of nitrogens with one attached hydrogen (secondary N) is 6. The minimum Gasteiger partial charge on any atom is -0.376 e. The van der Waals surface area contributed by atoms with Gasteiger partial charge in [-0.25, -0.2) is 39.9 Å². The molecule has 4 saturated heterocycles. The Morgan fingerprint density at radius 1 is 0.689 bits per heavy atom. The van der Waals surface area contributed by atoms with Crippen LogP contribution >= 0.6 is 0 Å². The normalized spacial score (nSPS) is 25.0. The van der Waals surface area contributed by atoms with Crippen LogP contribution in [0.4, 0.5) is 23.5 Å². The van der Waals surface area contributed by atoms with Crippen molar-refractivity contribution in [1.29, 1.82) is 0 Å². The fraction of sp³-hybridized carbons (Fsp3) is 0.581. The summed E-state index contributed by atoms with van der Waals surface area (Å²) < 4.78 is 12.5. The van der Waals surface area contributed by atoms with Crippen molar-refractivity contribution in [3.05, 3.63) is 48.8 Å². The molecule has 4 aromatic heterocycles. The number of carbonyl (C=O) groups is 2. The molecule has 18 nitrogen and oxygen atoms in total. The van der Waals surface area contributed by atoms with E-state index >= 15 is 0 Å². The lowest BCUT2D eigenvalue weighted by molar-refractivity contribution is -0.120. The molecule has 5 atom stereocenters. The van der Waals surface area contributed by atoms with Crippen LogP contribution in [0, 0.1) is 23.7 Å². The summed E-state index contributed by atoms with van der Waals surface area (Å²) in [5.74, 6) is 2.87. The average molecular weight is 835 g/mol. The van der Waals surface area contributed by atoms with Crippen LogP contribution in [0.25, 0.3) is 22.8 Å². The molecule has 8 rings (SSSR count). The zero-order valence-electron chi connectivity index (χ0n) is 35.4. The van der Waals surface area contributed by atoms with Crippen LogP contribution in [0.3, 0.4) is 0 Å². The van der Waals surface area contributed by atoms with Crippen LogP contribution in [0.1, 0.15) is 71.5 Å². The molecule has 18 heteroatoms. The lowest BCUT2D eigenvalue weighted by Gasteiger charge is -2.38. The van der Waals surface area contributed by atoms with Crippen molar-refractivity contribution in [3.63, 3.8) is 0 Å². The summed E-state index contributed by atoms with van der Waals surface area (Å²) >= 11 is 0. The highest BCUT2D eigenvalue weighted by atomic mass is 16.5. The van der Waals surface area contributed by atoms with E-state index in [1.807, 2.05) is 12.1 Å². The van der Waals surface area contributed by atoms with Crippen molar-refractivity contribution in [2.75, 3.05) is 73.7 Å². The maximum absolute atomic E-state index is 12.9. The summed E-state index contributed by atoms with van der Waals surface area (Å²) in [5, 5.41) is 19.4. The summed E-state index contributed by atoms with van der Waals surface area (Å²) in [6, 6.07) is 7.36. The second-order valence-corrected chi connectivity index (χ2v) is 17.6. The summed E-state index contributed by atoms with van der Waals surface area (Å²) in [6.45, 7) is 12.2. The lowest BCUT2D eigenvalue weighted by atomic mass is 9.84. The second-order valence-electron chi connectivity index (χ2n) is 17.6. The number of hydrogen-bond acceptors (Lipinski definition) is 16. The summed E-state index contributed by atoms with van der Waals surface area (Å²) in [6.07, 6.45) is 11.5. The van der Waals surface area contributed by atoms with E-state index in [-0.39, 0.29) is 47.1 Å². The third-order valence-corrected chi connectivity index (χ3v) is 12.0. The molecule has 0 aliphatic carbocycles. The number of piperidine rings is 1. The number of nitrogens with zero attached hydrogens (tertiary/aromatic N) is 8. The highest BCUT2D eigenvalue weighted by Gasteiger charge is 2.35. The maximum Gasteiger partial charge on any atom is 0.231 e. The molecule has 0 bridgehead atoms. The summed E-state index contributed by atoms with van der Waals surface area (Å²) in [7, 11) is 0. The monoisotopic (exact) mass is 834 g/mol. The maximum atomic E-state index is 12.9. The van der Waals surface area contributed by atoms with E-state index in [0.717, 1.165) is 71.2 Å². The molecule has 6 N–H and O–H groups in total. The van der Waals surface area contributed by atoms with Gasteiger partial charge < -0.3 is 30.7 Å². The Kier molecular flexibility index (Phi) is 13.3. The molecule has 4 fully saturated rings. The predicted molar refractivity (Wildman–Crippen MR) is 230 cm³/mol. The van der Waals surface area contributed by atoms with E-state index in [4.69, 9.17) is 24.4 Å². The highest BCUT2D eigenvalue weighted by molar-refractivity contribution is 5.92. The molecule has 324 valence electrons. The molecule has 4 aliphatic heterocycles. The largest absolute Gasteiger partial charge is 0.376 e. The molecule has 4 aliphatic rings. The van der Waals surface area contributed by atoms with E-state index in [0.29, 0.717) is 78.8 Å². The Morgan fingerprint density at radius 2 is 1.33 bits per heavy atom. The Hall–Kier alpha value is -5.30. The molecule has 0 saturated carbocycles. The topological polar surface area (TPSA) is 228 Å². The van der Waals surface area contributed by atoms with Crippen LogP contribution in [0.5, 0.6) is 0 Å². The van der Waals surface area contributed by atoms with Crippen LogP contribution in [-0.2, 0) is 25.5 Å². The van der Waals surface area contributed by atoms with Crippen molar-refractivity contribution in [3.8, 4) is 22.8 Å². The highest BCUT2D eigenvalue weighted by Crippen LogP contribution is 2.34. The van der Waals surface area contributed by atoms with Crippen LogP contribution in [0.15, 0.2) is 43.0 Å². The number of hydrogen-bond donors (Lipinski definition) is 6. The molecule has 4 aromatic rings. The van der Waals surface area contributed by atoms with Gasteiger partial charge in [0.25, 0.3) is 0 Å².